The molecule has 13 rings (SSSR count). The van der Waals surface area contributed by atoms with E-state index in [2.05, 4.69) is 212 Å². The lowest BCUT2D eigenvalue weighted by molar-refractivity contribution is 1.19. The van der Waals surface area contributed by atoms with E-state index in [1.54, 1.807) is 0 Å². The van der Waals surface area contributed by atoms with Crippen molar-refractivity contribution in [1.29, 1.82) is 0 Å². The molecule has 1 aliphatic carbocycles. The van der Waals surface area contributed by atoms with Gasteiger partial charge >= 0.3 is 0 Å². The third-order valence-corrected chi connectivity index (χ3v) is 13.1. The van der Waals surface area contributed by atoms with Gasteiger partial charge in [-0.25, -0.2) is 9.97 Å². The normalized spacial score (nSPS) is 11.9. The van der Waals surface area contributed by atoms with Crippen LogP contribution in [0, 0.1) is 0 Å². The number of nitrogens with zero attached hydrogens (tertiary/aromatic N) is 2. The molecule has 0 unspecified atom stereocenters. The van der Waals surface area contributed by atoms with Crippen LogP contribution < -0.4 is 0 Å². The van der Waals surface area contributed by atoms with Gasteiger partial charge in [0.1, 0.15) is 0 Å². The van der Waals surface area contributed by atoms with Crippen molar-refractivity contribution in [3.8, 4) is 89.4 Å². The van der Waals surface area contributed by atoms with Gasteiger partial charge in [0.15, 0.2) is 5.82 Å². The van der Waals surface area contributed by atoms with Crippen LogP contribution in [0.5, 0.6) is 0 Å². The van der Waals surface area contributed by atoms with Crippen molar-refractivity contribution >= 4 is 43.1 Å². The first-order chi connectivity index (χ1) is 30.8. The lowest BCUT2D eigenvalue weighted by Gasteiger charge is -2.21. The standard InChI is InChI=1S/C60H36N2/c1-3-13-37(14-4-1)43-19-7-9-21-45(43)47-31-29-41-30-32-51-54(46-22-10-8-20-44(46)38-15-5-2-6-16-38)35-53(50-34-33-49(47)57(41)58(50)51)39-25-27-42(28-26-39)60-61-36-55-48-23-11-17-40-18-12-24-52(56(40)48)59(55)62-60/h1-36H. The topological polar surface area (TPSA) is 25.8 Å². The van der Waals surface area contributed by atoms with Crippen LogP contribution in [-0.4, -0.2) is 9.97 Å². The third-order valence-electron chi connectivity index (χ3n) is 13.1. The van der Waals surface area contributed by atoms with Crippen molar-refractivity contribution in [3.05, 3.63) is 219 Å². The molecule has 1 aromatic heterocycles. The summed E-state index contributed by atoms with van der Waals surface area (Å²) in [4.78, 5) is 10.1. The highest BCUT2D eigenvalue weighted by molar-refractivity contribution is 6.30. The van der Waals surface area contributed by atoms with Crippen LogP contribution in [0.25, 0.3) is 132 Å². The van der Waals surface area contributed by atoms with Gasteiger partial charge in [-0.05, 0) is 110 Å². The molecule has 1 aliphatic rings. The minimum atomic E-state index is 0.733. The molecule has 0 atom stereocenters. The molecule has 1 heterocycles. The fraction of sp³-hybridized carbons (Fsp3) is 0. The molecule has 0 saturated carbocycles. The molecule has 0 saturated heterocycles. The number of hydrogen-bond acceptors (Lipinski definition) is 2. The molecular weight excluding hydrogens is 749 g/mol. The van der Waals surface area contributed by atoms with Crippen LogP contribution in [-0.2, 0) is 0 Å². The number of hydrogen-bond donors (Lipinski definition) is 0. The maximum absolute atomic E-state index is 5.21. The van der Waals surface area contributed by atoms with Gasteiger partial charge < -0.3 is 0 Å². The number of fused-ring (bicyclic) bond motifs is 3. The summed E-state index contributed by atoms with van der Waals surface area (Å²) in [5, 5.41) is 10.0. The largest absolute Gasteiger partial charge is 0.236 e. The van der Waals surface area contributed by atoms with Crippen molar-refractivity contribution in [2.24, 2.45) is 0 Å². The van der Waals surface area contributed by atoms with Crippen LogP contribution in [0.2, 0.25) is 0 Å². The van der Waals surface area contributed by atoms with Gasteiger partial charge in [-0.15, -0.1) is 0 Å². The second kappa shape index (κ2) is 13.7. The van der Waals surface area contributed by atoms with Crippen LogP contribution >= 0.6 is 0 Å². The van der Waals surface area contributed by atoms with Gasteiger partial charge in [-0.3, -0.25) is 0 Å². The van der Waals surface area contributed by atoms with Crippen molar-refractivity contribution < 1.29 is 0 Å². The average molecular weight is 785 g/mol. The zero-order chi connectivity index (χ0) is 40.7. The number of rotatable bonds is 6. The Kier molecular flexibility index (Phi) is 7.64. The maximum Gasteiger partial charge on any atom is 0.159 e. The van der Waals surface area contributed by atoms with Gasteiger partial charge in [-0.1, -0.05) is 206 Å². The SMILES string of the molecule is c1ccc(-c2ccccc2-c2ccc3ccc4c(-c5ccccc5-c5ccccc5)cc(-c5ccc(-c6ncc7c(n6)-c6cccc8cccc-7c68)cc5)c5ccc2c3c54)cc1. The summed E-state index contributed by atoms with van der Waals surface area (Å²) in [6, 6.07) is 77.5. The number of benzene rings is 11. The maximum atomic E-state index is 5.21. The fourth-order valence-electron chi connectivity index (χ4n) is 10.3. The molecule has 62 heavy (non-hydrogen) atoms. The van der Waals surface area contributed by atoms with E-state index < -0.39 is 0 Å². The van der Waals surface area contributed by atoms with Gasteiger partial charge in [0, 0.05) is 22.9 Å². The Labute approximate surface area is 359 Å². The molecule has 0 amide bonds. The van der Waals surface area contributed by atoms with E-state index in [0.717, 1.165) is 28.2 Å². The minimum absolute atomic E-state index is 0.733. The zero-order valence-corrected chi connectivity index (χ0v) is 33.7. The van der Waals surface area contributed by atoms with Crippen molar-refractivity contribution in [2.75, 3.05) is 0 Å². The van der Waals surface area contributed by atoms with Crippen molar-refractivity contribution in [1.82, 2.24) is 9.97 Å². The average Bonchev–Trinajstić information content (AvgIpc) is 3.67. The molecule has 286 valence electrons. The Morgan fingerprint density at radius 3 is 1.45 bits per heavy atom. The van der Waals surface area contributed by atoms with Gasteiger partial charge in [0.2, 0.25) is 0 Å². The van der Waals surface area contributed by atoms with E-state index in [4.69, 9.17) is 9.97 Å². The second-order valence-corrected chi connectivity index (χ2v) is 16.4. The monoisotopic (exact) mass is 784 g/mol. The molecule has 2 heteroatoms. The van der Waals surface area contributed by atoms with Gasteiger partial charge in [-0.2, -0.15) is 0 Å². The Morgan fingerprint density at radius 1 is 0.258 bits per heavy atom. The smallest absolute Gasteiger partial charge is 0.159 e. The summed E-state index contributed by atoms with van der Waals surface area (Å²) in [6.45, 7) is 0. The first-order valence-corrected chi connectivity index (χ1v) is 21.3. The Hall–Kier alpha value is -8.20. The summed E-state index contributed by atoms with van der Waals surface area (Å²) in [5.74, 6) is 0.733. The predicted molar refractivity (Wildman–Crippen MR) is 260 cm³/mol. The van der Waals surface area contributed by atoms with E-state index in [-0.39, 0.29) is 0 Å². The molecule has 2 nitrogen and oxygen atoms in total. The van der Waals surface area contributed by atoms with Gasteiger partial charge in [0.25, 0.3) is 0 Å². The first-order valence-electron chi connectivity index (χ1n) is 21.3. The van der Waals surface area contributed by atoms with Crippen molar-refractivity contribution in [2.45, 2.75) is 0 Å². The van der Waals surface area contributed by atoms with Crippen molar-refractivity contribution in [3.63, 3.8) is 0 Å². The highest BCUT2D eigenvalue weighted by Gasteiger charge is 2.24. The van der Waals surface area contributed by atoms with Gasteiger partial charge in [0.05, 0.1) is 5.69 Å². The summed E-state index contributed by atoms with van der Waals surface area (Å²) in [7, 11) is 0. The minimum Gasteiger partial charge on any atom is -0.236 e. The molecule has 0 spiro atoms. The van der Waals surface area contributed by atoms with Crippen LogP contribution in [0.4, 0.5) is 0 Å². The zero-order valence-electron chi connectivity index (χ0n) is 33.7. The van der Waals surface area contributed by atoms with Crippen LogP contribution in [0.1, 0.15) is 0 Å². The molecule has 0 N–H and O–H groups in total. The van der Waals surface area contributed by atoms with E-state index in [0.29, 0.717) is 0 Å². The molecule has 0 bridgehead atoms. The summed E-state index contributed by atoms with van der Waals surface area (Å²) < 4.78 is 0. The Bertz CT molecular complexity index is 3710. The summed E-state index contributed by atoms with van der Waals surface area (Å²) in [5.41, 5.74) is 17.6. The highest BCUT2D eigenvalue weighted by atomic mass is 14.9. The van der Waals surface area contributed by atoms with E-state index in [1.165, 1.54) is 104 Å². The molecule has 0 fully saturated rings. The summed E-state index contributed by atoms with van der Waals surface area (Å²) in [6.07, 6.45) is 2.00. The first kappa shape index (κ1) is 34.6. The Balaban J connectivity index is 1.02. The number of aromatic nitrogens is 2. The van der Waals surface area contributed by atoms with Crippen LogP contribution in [0.15, 0.2) is 219 Å². The van der Waals surface area contributed by atoms with E-state index in [1.807, 2.05) is 6.20 Å². The molecular formula is C60H36N2. The van der Waals surface area contributed by atoms with E-state index >= 15 is 0 Å². The quantitative estimate of drug-likeness (QED) is 0.157. The fourth-order valence-corrected chi connectivity index (χ4v) is 10.3. The molecule has 0 aliphatic heterocycles. The molecule has 11 aromatic carbocycles. The predicted octanol–water partition coefficient (Wildman–Crippen LogP) is 16.2. The highest BCUT2D eigenvalue weighted by Crippen LogP contribution is 2.49. The Morgan fingerprint density at radius 2 is 0.758 bits per heavy atom. The molecule has 0 radical (unpaired) electrons. The second-order valence-electron chi connectivity index (χ2n) is 16.4. The third kappa shape index (κ3) is 5.23. The lowest BCUT2D eigenvalue weighted by Crippen LogP contribution is -1.95. The van der Waals surface area contributed by atoms with Crippen LogP contribution in [0.3, 0.4) is 0 Å². The lowest BCUT2D eigenvalue weighted by atomic mass is 9.82. The molecule has 12 aromatic rings. The van der Waals surface area contributed by atoms with E-state index in [9.17, 15) is 0 Å². The summed E-state index contributed by atoms with van der Waals surface area (Å²) >= 11 is 0.